The minimum Gasteiger partial charge on any atom is -0.398 e. The van der Waals surface area contributed by atoms with E-state index in [0.29, 0.717) is 23.1 Å². The second-order valence-electron chi connectivity index (χ2n) is 5.45. The van der Waals surface area contributed by atoms with Crippen LogP contribution in [-0.4, -0.2) is 20.2 Å². The summed E-state index contributed by atoms with van der Waals surface area (Å²) < 4.78 is 1.75. The molecule has 2 N–H and O–H groups in total. The summed E-state index contributed by atoms with van der Waals surface area (Å²) >= 11 is 5.99. The van der Waals surface area contributed by atoms with Gasteiger partial charge in [-0.1, -0.05) is 32.4 Å². The van der Waals surface area contributed by atoms with E-state index in [1.165, 1.54) is 0 Å². The quantitative estimate of drug-likeness (QED) is 0.848. The number of hydrogen-bond donors (Lipinski definition) is 1. The largest absolute Gasteiger partial charge is 0.398 e. The molecule has 0 fully saturated rings. The van der Waals surface area contributed by atoms with Crippen LogP contribution in [0.15, 0.2) is 18.2 Å². The molecule has 0 atom stereocenters. The lowest BCUT2D eigenvalue weighted by atomic mass is 9.97. The van der Waals surface area contributed by atoms with E-state index < -0.39 is 0 Å². The second-order valence-corrected chi connectivity index (χ2v) is 5.89. The maximum absolute atomic E-state index is 5.99. The van der Waals surface area contributed by atoms with Crippen molar-refractivity contribution < 1.29 is 0 Å². The van der Waals surface area contributed by atoms with E-state index in [1.807, 2.05) is 0 Å². The molecule has 0 aliphatic heterocycles. The van der Waals surface area contributed by atoms with Crippen LogP contribution in [0, 0.1) is 5.41 Å². The average molecular weight is 266 g/mol. The van der Waals surface area contributed by atoms with Crippen molar-refractivity contribution in [1.82, 2.24) is 20.2 Å². The van der Waals surface area contributed by atoms with Gasteiger partial charge in [0.25, 0.3) is 0 Å². The van der Waals surface area contributed by atoms with Crippen molar-refractivity contribution >= 4 is 17.3 Å². The van der Waals surface area contributed by atoms with Gasteiger partial charge in [-0.05, 0) is 34.0 Å². The van der Waals surface area contributed by atoms with Gasteiger partial charge in [0.2, 0.25) is 0 Å². The van der Waals surface area contributed by atoms with Gasteiger partial charge in [0, 0.05) is 22.8 Å². The Bertz CT molecular complexity index is 556. The van der Waals surface area contributed by atoms with Crippen molar-refractivity contribution in [1.29, 1.82) is 0 Å². The second kappa shape index (κ2) is 4.57. The highest BCUT2D eigenvalue weighted by Crippen LogP contribution is 2.28. The van der Waals surface area contributed by atoms with E-state index >= 15 is 0 Å². The van der Waals surface area contributed by atoms with Crippen molar-refractivity contribution in [2.75, 3.05) is 5.73 Å². The Kier molecular flexibility index (Phi) is 3.26. The number of benzene rings is 1. The highest BCUT2D eigenvalue weighted by molar-refractivity contribution is 6.31. The van der Waals surface area contributed by atoms with Gasteiger partial charge >= 0.3 is 0 Å². The normalized spacial score (nSPS) is 11.8. The molecular formula is C12H16ClN5. The molecule has 1 heterocycles. The first-order valence-corrected chi connectivity index (χ1v) is 6.06. The zero-order chi connectivity index (χ0) is 13.3. The van der Waals surface area contributed by atoms with Gasteiger partial charge in [-0.25, -0.2) is 4.68 Å². The minimum absolute atomic E-state index is 0.0808. The molecule has 5 nitrogen and oxygen atoms in total. The van der Waals surface area contributed by atoms with E-state index in [1.54, 1.807) is 22.9 Å². The molecular weight excluding hydrogens is 250 g/mol. The highest BCUT2D eigenvalue weighted by atomic mass is 35.5. The van der Waals surface area contributed by atoms with Gasteiger partial charge in [-0.15, -0.1) is 5.10 Å². The number of aromatic nitrogens is 4. The van der Waals surface area contributed by atoms with Crippen molar-refractivity contribution in [3.8, 4) is 11.4 Å². The first-order valence-electron chi connectivity index (χ1n) is 5.68. The Morgan fingerprint density at radius 3 is 2.72 bits per heavy atom. The van der Waals surface area contributed by atoms with Crippen LogP contribution in [0.4, 0.5) is 5.69 Å². The molecule has 96 valence electrons. The van der Waals surface area contributed by atoms with Crippen LogP contribution in [0.3, 0.4) is 0 Å². The molecule has 0 saturated carbocycles. The van der Waals surface area contributed by atoms with Gasteiger partial charge in [0.05, 0.1) is 0 Å². The van der Waals surface area contributed by atoms with Crippen molar-refractivity contribution in [3.05, 3.63) is 23.2 Å². The number of anilines is 1. The molecule has 0 radical (unpaired) electrons. The van der Waals surface area contributed by atoms with E-state index in [-0.39, 0.29) is 5.41 Å². The molecule has 18 heavy (non-hydrogen) atoms. The molecule has 0 aliphatic carbocycles. The van der Waals surface area contributed by atoms with E-state index in [0.717, 1.165) is 5.56 Å². The molecule has 0 spiro atoms. The third-order valence-corrected chi connectivity index (χ3v) is 2.65. The smallest absolute Gasteiger partial charge is 0.184 e. The third kappa shape index (κ3) is 2.79. The Morgan fingerprint density at radius 1 is 1.33 bits per heavy atom. The zero-order valence-corrected chi connectivity index (χ0v) is 11.4. The molecule has 2 aromatic rings. The number of nitrogen functional groups attached to an aromatic ring is 1. The number of nitrogens with zero attached hydrogens (tertiary/aromatic N) is 4. The number of hydrogen-bond acceptors (Lipinski definition) is 4. The van der Waals surface area contributed by atoms with Gasteiger partial charge in [-0.3, -0.25) is 0 Å². The lowest BCUT2D eigenvalue weighted by Gasteiger charge is -2.18. The first kappa shape index (κ1) is 12.8. The zero-order valence-electron chi connectivity index (χ0n) is 10.7. The summed E-state index contributed by atoms with van der Waals surface area (Å²) in [6.07, 6.45) is 0. The molecule has 2 rings (SSSR count). The monoisotopic (exact) mass is 265 g/mol. The van der Waals surface area contributed by atoms with Crippen LogP contribution >= 0.6 is 11.6 Å². The predicted molar refractivity (Wildman–Crippen MR) is 72.1 cm³/mol. The summed E-state index contributed by atoms with van der Waals surface area (Å²) in [7, 11) is 0. The van der Waals surface area contributed by atoms with Gasteiger partial charge < -0.3 is 5.73 Å². The molecule has 1 aromatic heterocycles. The van der Waals surface area contributed by atoms with E-state index in [2.05, 4.69) is 36.3 Å². The molecule has 0 saturated heterocycles. The fourth-order valence-corrected chi connectivity index (χ4v) is 1.85. The molecule has 0 amide bonds. The predicted octanol–water partition coefficient (Wildman–Crippen LogP) is 2.62. The fraction of sp³-hybridized carbons (Fsp3) is 0.417. The van der Waals surface area contributed by atoms with Crippen molar-refractivity contribution in [2.24, 2.45) is 5.41 Å². The summed E-state index contributed by atoms with van der Waals surface area (Å²) in [5.41, 5.74) is 7.40. The fourth-order valence-electron chi connectivity index (χ4n) is 1.68. The average Bonchev–Trinajstić information content (AvgIpc) is 2.67. The van der Waals surface area contributed by atoms with Crippen LogP contribution in [-0.2, 0) is 6.54 Å². The van der Waals surface area contributed by atoms with E-state index in [9.17, 15) is 0 Å². The summed E-state index contributed by atoms with van der Waals surface area (Å²) in [5.74, 6) is 0.643. The van der Waals surface area contributed by atoms with Crippen LogP contribution in [0.1, 0.15) is 20.8 Å². The van der Waals surface area contributed by atoms with Crippen LogP contribution in [0.25, 0.3) is 11.4 Å². The number of nitrogens with two attached hydrogens (primary N) is 1. The maximum Gasteiger partial charge on any atom is 0.184 e. The lowest BCUT2D eigenvalue weighted by Crippen LogP contribution is -2.17. The molecule has 0 aliphatic rings. The SMILES string of the molecule is CC(C)(C)Cn1nnnc1-c1cc(Cl)ccc1N. The van der Waals surface area contributed by atoms with Crippen LogP contribution < -0.4 is 5.73 Å². The van der Waals surface area contributed by atoms with Crippen molar-refractivity contribution in [3.63, 3.8) is 0 Å². The third-order valence-electron chi connectivity index (χ3n) is 2.41. The standard InChI is InChI=1S/C12H16ClN5/c1-12(2,3)7-18-11(15-16-17-18)9-6-8(13)4-5-10(9)14/h4-6H,7,14H2,1-3H3. The minimum atomic E-state index is 0.0808. The van der Waals surface area contributed by atoms with Crippen LogP contribution in [0.5, 0.6) is 0 Å². The Balaban J connectivity index is 2.45. The Hall–Kier alpha value is -1.62. The van der Waals surface area contributed by atoms with Gasteiger partial charge in [-0.2, -0.15) is 0 Å². The molecule has 6 heteroatoms. The summed E-state index contributed by atoms with van der Waals surface area (Å²) in [6.45, 7) is 7.08. The molecule has 0 bridgehead atoms. The van der Waals surface area contributed by atoms with E-state index in [4.69, 9.17) is 17.3 Å². The molecule has 1 aromatic carbocycles. The number of halogens is 1. The van der Waals surface area contributed by atoms with Crippen LogP contribution in [0.2, 0.25) is 5.02 Å². The Morgan fingerprint density at radius 2 is 2.06 bits per heavy atom. The summed E-state index contributed by atoms with van der Waals surface area (Å²) in [4.78, 5) is 0. The number of rotatable bonds is 2. The van der Waals surface area contributed by atoms with Gasteiger partial charge in [0.15, 0.2) is 5.82 Å². The summed E-state index contributed by atoms with van der Waals surface area (Å²) in [5, 5.41) is 12.4. The first-order chi connectivity index (χ1) is 8.37. The number of tetrazole rings is 1. The molecule has 0 unspecified atom stereocenters. The topological polar surface area (TPSA) is 69.6 Å². The van der Waals surface area contributed by atoms with Crippen molar-refractivity contribution in [2.45, 2.75) is 27.3 Å². The Labute approximate surface area is 111 Å². The summed E-state index contributed by atoms with van der Waals surface area (Å²) in [6, 6.07) is 5.29. The lowest BCUT2D eigenvalue weighted by molar-refractivity contribution is 0.323. The highest BCUT2D eigenvalue weighted by Gasteiger charge is 2.18. The van der Waals surface area contributed by atoms with Gasteiger partial charge in [0.1, 0.15) is 0 Å². The maximum atomic E-state index is 5.99.